The van der Waals surface area contributed by atoms with Gasteiger partial charge in [-0.05, 0) is 19.3 Å². The third kappa shape index (κ3) is 12.6. The molecule has 0 amide bonds. The Kier molecular flexibility index (Phi) is 16.5. The number of aryl methyl sites for hydroxylation is 2. The second-order valence-electron chi connectivity index (χ2n) is 8.93. The van der Waals surface area contributed by atoms with Crippen LogP contribution in [-0.2, 0) is 20.0 Å². The van der Waals surface area contributed by atoms with Crippen molar-refractivity contribution in [2.24, 2.45) is 7.05 Å². The molecule has 1 rings (SSSR count). The zero-order valence-corrected chi connectivity index (χ0v) is 19.7. The molecular weight excluding hydrogens is 340 g/mol. The number of imidazole rings is 1. The first-order valence-corrected chi connectivity index (χ1v) is 12.8. The normalized spacial score (nSPS) is 11.4. The lowest BCUT2D eigenvalue weighted by atomic mass is 10.0. The highest BCUT2D eigenvalue weighted by atomic mass is 15.1. The summed E-state index contributed by atoms with van der Waals surface area (Å²) < 4.78 is 4.84. The van der Waals surface area contributed by atoms with Gasteiger partial charge in [0.25, 0.3) is 5.82 Å². The van der Waals surface area contributed by atoms with Gasteiger partial charge in [-0.15, -0.1) is 0 Å². The Balaban J connectivity index is 1.95. The summed E-state index contributed by atoms with van der Waals surface area (Å²) in [4.78, 5) is 0. The summed E-state index contributed by atoms with van der Waals surface area (Å²) in [6.07, 6.45) is 31.3. The lowest BCUT2D eigenvalue weighted by Crippen LogP contribution is -2.32. The first-order chi connectivity index (χ1) is 13.8. The van der Waals surface area contributed by atoms with Gasteiger partial charge in [0.15, 0.2) is 0 Å². The average Bonchev–Trinajstić information content (AvgIpc) is 3.05. The summed E-state index contributed by atoms with van der Waals surface area (Å²) in [5.41, 5.74) is 0. The van der Waals surface area contributed by atoms with Crippen LogP contribution in [0.1, 0.15) is 135 Å². The van der Waals surface area contributed by atoms with Gasteiger partial charge in [0.05, 0.1) is 13.6 Å². The van der Waals surface area contributed by atoms with E-state index in [9.17, 15) is 0 Å². The molecule has 1 aromatic rings. The molecule has 0 aromatic carbocycles. The summed E-state index contributed by atoms with van der Waals surface area (Å²) in [6, 6.07) is 0. The van der Waals surface area contributed by atoms with Crippen LogP contribution in [0, 0.1) is 0 Å². The lowest BCUT2D eigenvalue weighted by molar-refractivity contribution is -0.678. The second kappa shape index (κ2) is 18.3. The zero-order chi connectivity index (χ0) is 20.3. The smallest absolute Gasteiger partial charge is 0.237 e. The van der Waals surface area contributed by atoms with Crippen LogP contribution >= 0.6 is 0 Å². The maximum Gasteiger partial charge on any atom is 0.256 e. The van der Waals surface area contributed by atoms with E-state index in [0.717, 1.165) is 0 Å². The van der Waals surface area contributed by atoms with Crippen molar-refractivity contribution in [3.8, 4) is 0 Å². The predicted octanol–water partition coefficient (Wildman–Crippen LogP) is 7.92. The number of unbranched alkanes of at least 4 members (excludes halogenated alkanes) is 16. The van der Waals surface area contributed by atoms with Crippen molar-refractivity contribution in [3.63, 3.8) is 0 Å². The van der Waals surface area contributed by atoms with E-state index in [2.05, 4.69) is 42.4 Å². The fourth-order valence-corrected chi connectivity index (χ4v) is 4.27. The van der Waals surface area contributed by atoms with Gasteiger partial charge in [0.1, 0.15) is 12.4 Å². The number of hydrogen-bond acceptors (Lipinski definition) is 0. The van der Waals surface area contributed by atoms with E-state index in [1.54, 1.807) is 0 Å². The Morgan fingerprint density at radius 3 is 1.54 bits per heavy atom. The van der Waals surface area contributed by atoms with E-state index in [1.165, 1.54) is 134 Å². The molecule has 1 aromatic heterocycles. The molecule has 0 atom stereocenters. The monoisotopic (exact) mass is 391 g/mol. The van der Waals surface area contributed by atoms with Crippen molar-refractivity contribution >= 4 is 0 Å². The van der Waals surface area contributed by atoms with Crippen molar-refractivity contribution in [2.75, 3.05) is 0 Å². The molecule has 0 aliphatic carbocycles. The molecule has 164 valence electrons. The number of rotatable bonds is 20. The van der Waals surface area contributed by atoms with Crippen LogP contribution in [0.4, 0.5) is 0 Å². The van der Waals surface area contributed by atoms with Crippen molar-refractivity contribution in [1.82, 2.24) is 4.57 Å². The van der Waals surface area contributed by atoms with E-state index >= 15 is 0 Å². The fourth-order valence-electron chi connectivity index (χ4n) is 4.27. The molecule has 28 heavy (non-hydrogen) atoms. The van der Waals surface area contributed by atoms with Crippen molar-refractivity contribution in [2.45, 2.75) is 142 Å². The van der Waals surface area contributed by atoms with Gasteiger partial charge in [-0.3, -0.25) is 0 Å². The fraction of sp³-hybridized carbons (Fsp3) is 0.885. The van der Waals surface area contributed by atoms with Crippen molar-refractivity contribution in [3.05, 3.63) is 18.2 Å². The highest BCUT2D eigenvalue weighted by molar-refractivity contribution is 4.84. The van der Waals surface area contributed by atoms with E-state index in [-0.39, 0.29) is 0 Å². The Bertz CT molecular complexity index is 449. The topological polar surface area (TPSA) is 8.81 Å². The van der Waals surface area contributed by atoms with E-state index in [0.29, 0.717) is 0 Å². The highest BCUT2D eigenvalue weighted by Gasteiger charge is 2.13. The van der Waals surface area contributed by atoms with Crippen molar-refractivity contribution < 1.29 is 4.57 Å². The van der Waals surface area contributed by atoms with Gasteiger partial charge in [-0.1, -0.05) is 110 Å². The molecule has 0 N–H and O–H groups in total. The molecule has 0 aliphatic heterocycles. The minimum atomic E-state index is 1.21. The number of nitrogens with zero attached hydrogens (tertiary/aromatic N) is 2. The summed E-state index contributed by atoms with van der Waals surface area (Å²) in [5, 5.41) is 0. The molecule has 0 unspecified atom stereocenters. The molecule has 1 heterocycles. The zero-order valence-electron chi connectivity index (χ0n) is 19.7. The van der Waals surface area contributed by atoms with Crippen LogP contribution < -0.4 is 4.57 Å². The van der Waals surface area contributed by atoms with Crippen LogP contribution in [0.25, 0.3) is 0 Å². The van der Waals surface area contributed by atoms with E-state index in [1.807, 2.05) is 0 Å². The standard InChI is InChI=1S/C26H51N2/c1-4-6-8-10-11-12-13-14-15-16-17-18-19-21-23-28-25-24-27(3)26(28)22-20-9-7-5-2/h24-25H,4-23H2,1-3H3/q+1. The van der Waals surface area contributed by atoms with Crippen LogP contribution in [0.2, 0.25) is 0 Å². The van der Waals surface area contributed by atoms with Crippen molar-refractivity contribution in [1.29, 1.82) is 0 Å². The van der Waals surface area contributed by atoms with E-state index in [4.69, 9.17) is 0 Å². The highest BCUT2D eigenvalue weighted by Crippen LogP contribution is 2.13. The van der Waals surface area contributed by atoms with E-state index < -0.39 is 0 Å². The van der Waals surface area contributed by atoms with Gasteiger partial charge in [0.2, 0.25) is 0 Å². The first kappa shape index (κ1) is 25.2. The number of aromatic nitrogens is 2. The summed E-state index contributed by atoms with van der Waals surface area (Å²) >= 11 is 0. The molecule has 0 bridgehead atoms. The Hall–Kier alpha value is -0.790. The quantitative estimate of drug-likeness (QED) is 0.158. The van der Waals surface area contributed by atoms with Gasteiger partial charge in [-0.25, -0.2) is 9.13 Å². The maximum atomic E-state index is 2.51. The summed E-state index contributed by atoms with van der Waals surface area (Å²) in [7, 11) is 2.21. The average molecular weight is 392 g/mol. The third-order valence-electron chi connectivity index (χ3n) is 6.22. The minimum Gasteiger partial charge on any atom is -0.237 e. The third-order valence-corrected chi connectivity index (χ3v) is 6.22. The van der Waals surface area contributed by atoms with Crippen LogP contribution in [0.15, 0.2) is 12.4 Å². The van der Waals surface area contributed by atoms with Crippen LogP contribution in [0.3, 0.4) is 0 Å². The molecule has 2 nitrogen and oxygen atoms in total. The van der Waals surface area contributed by atoms with Gasteiger partial charge in [-0.2, -0.15) is 0 Å². The minimum absolute atomic E-state index is 1.21. The van der Waals surface area contributed by atoms with Crippen LogP contribution in [0.5, 0.6) is 0 Å². The molecule has 0 spiro atoms. The Labute approximate surface area is 177 Å². The molecule has 0 radical (unpaired) electrons. The Morgan fingerprint density at radius 1 is 0.607 bits per heavy atom. The van der Waals surface area contributed by atoms with Gasteiger partial charge in [0, 0.05) is 6.42 Å². The predicted molar refractivity (Wildman–Crippen MR) is 124 cm³/mol. The maximum absolute atomic E-state index is 2.51. The summed E-state index contributed by atoms with van der Waals surface area (Å²) in [6.45, 7) is 5.80. The van der Waals surface area contributed by atoms with Crippen LogP contribution in [-0.4, -0.2) is 4.57 Å². The second-order valence-corrected chi connectivity index (χ2v) is 8.93. The largest absolute Gasteiger partial charge is 0.256 e. The Morgan fingerprint density at radius 2 is 1.04 bits per heavy atom. The molecular formula is C26H51N2+. The van der Waals surface area contributed by atoms with Gasteiger partial charge < -0.3 is 0 Å². The first-order valence-electron chi connectivity index (χ1n) is 12.8. The molecule has 0 fully saturated rings. The number of hydrogen-bond donors (Lipinski definition) is 0. The summed E-state index contributed by atoms with van der Waals surface area (Å²) in [5.74, 6) is 1.52. The molecule has 0 saturated heterocycles. The van der Waals surface area contributed by atoms with Gasteiger partial charge >= 0.3 is 0 Å². The molecule has 0 saturated carbocycles. The lowest BCUT2D eigenvalue weighted by Gasteiger charge is -2.04. The molecule has 0 aliphatic rings. The molecule has 2 heteroatoms. The SMILES string of the molecule is CCCCCCCCCCCCCCCCn1cc[n+](C)c1CCCCCC.